The minimum atomic E-state index is -4.46. The number of anilines is 2. The number of alkyl halides is 3. The highest BCUT2D eigenvalue weighted by atomic mass is 19.4. The Morgan fingerprint density at radius 3 is 2.10 bits per heavy atom. The second-order valence-electron chi connectivity index (χ2n) is 10.7. The summed E-state index contributed by atoms with van der Waals surface area (Å²) in [5, 5.41) is 2.65. The summed E-state index contributed by atoms with van der Waals surface area (Å²) in [5.41, 5.74) is 0.368. The molecule has 0 unspecified atom stereocenters. The fourth-order valence-electron chi connectivity index (χ4n) is 5.58. The maximum Gasteiger partial charge on any atom is 0.416 e. The third-order valence-corrected chi connectivity index (χ3v) is 7.94. The third kappa shape index (κ3) is 6.05. The molecule has 2 aliphatic rings. The van der Waals surface area contributed by atoms with Gasteiger partial charge in [0.2, 0.25) is 5.91 Å². The molecule has 0 aromatic heterocycles. The normalized spacial score (nSPS) is 16.6. The molecule has 2 aliphatic heterocycles. The lowest BCUT2D eigenvalue weighted by atomic mass is 9.85. The minimum Gasteiger partial charge on any atom is -0.340 e. The quantitative estimate of drug-likeness (QED) is 0.444. The molecule has 2 heterocycles. The van der Waals surface area contributed by atoms with Crippen molar-refractivity contribution in [2.75, 3.05) is 43.6 Å². The Morgan fingerprint density at radius 2 is 1.50 bits per heavy atom. The van der Waals surface area contributed by atoms with Crippen LogP contribution in [-0.4, -0.2) is 71.4 Å². The molecule has 0 radical (unpaired) electrons. The fraction of sp³-hybridized carbons (Fsp3) is 0.323. The lowest BCUT2D eigenvalue weighted by Crippen LogP contribution is -2.58. The fourth-order valence-corrected chi connectivity index (χ4v) is 5.58. The van der Waals surface area contributed by atoms with Crippen molar-refractivity contribution >= 4 is 29.2 Å². The van der Waals surface area contributed by atoms with Gasteiger partial charge in [0.05, 0.1) is 12.2 Å². The summed E-state index contributed by atoms with van der Waals surface area (Å²) in [6, 6.07) is 23.0. The number of piperidine rings is 1. The van der Waals surface area contributed by atoms with Gasteiger partial charge in [-0.15, -0.1) is 0 Å². The molecule has 3 aromatic carbocycles. The summed E-state index contributed by atoms with van der Waals surface area (Å²) in [6.07, 6.45) is -3.78. The summed E-state index contributed by atoms with van der Waals surface area (Å²) in [7, 11) is 1.72. The Kier molecular flexibility index (Phi) is 8.11. The van der Waals surface area contributed by atoms with Crippen LogP contribution in [0.2, 0.25) is 0 Å². The number of carbonyl (C=O) groups is 3. The molecule has 0 bridgehead atoms. The first-order valence-corrected chi connectivity index (χ1v) is 13.7. The standard InChI is InChI=1S/C31H32F3N5O3/c1-36(20-23-8-4-2-5-9-23)27(40)21-38-22-39(26-10-6-3-7-11-26)30(28(38)41)16-18-37(19-17-30)29(42)35-25-14-12-24(13-15-25)31(32,33)34/h2-15H,16-22H2,1H3,(H,35,42). The van der Waals surface area contributed by atoms with Gasteiger partial charge in [0.15, 0.2) is 0 Å². The second kappa shape index (κ2) is 11.8. The molecule has 0 aliphatic carbocycles. The molecule has 2 fully saturated rings. The zero-order chi connectivity index (χ0) is 29.9. The monoisotopic (exact) mass is 579 g/mol. The van der Waals surface area contributed by atoms with Crippen LogP contribution in [-0.2, 0) is 22.3 Å². The van der Waals surface area contributed by atoms with Gasteiger partial charge in [0, 0.05) is 38.1 Å². The number of halogens is 3. The number of hydrogen-bond acceptors (Lipinski definition) is 4. The van der Waals surface area contributed by atoms with Crippen molar-refractivity contribution in [1.29, 1.82) is 0 Å². The van der Waals surface area contributed by atoms with E-state index < -0.39 is 23.3 Å². The van der Waals surface area contributed by atoms with Crippen LogP contribution >= 0.6 is 0 Å². The molecular weight excluding hydrogens is 547 g/mol. The summed E-state index contributed by atoms with van der Waals surface area (Å²) in [4.78, 5) is 46.8. The van der Waals surface area contributed by atoms with Crippen molar-refractivity contribution in [1.82, 2.24) is 14.7 Å². The maximum atomic E-state index is 14.0. The van der Waals surface area contributed by atoms with E-state index in [-0.39, 0.29) is 43.8 Å². The van der Waals surface area contributed by atoms with Crippen LogP contribution in [0.1, 0.15) is 24.0 Å². The molecule has 0 atom stereocenters. The average Bonchev–Trinajstić information content (AvgIpc) is 3.24. The van der Waals surface area contributed by atoms with Gasteiger partial charge in [-0.2, -0.15) is 13.2 Å². The molecular formula is C31H32F3N5O3. The van der Waals surface area contributed by atoms with E-state index in [2.05, 4.69) is 5.32 Å². The van der Waals surface area contributed by atoms with E-state index in [1.165, 1.54) is 12.1 Å². The Balaban J connectivity index is 1.27. The van der Waals surface area contributed by atoms with Crippen molar-refractivity contribution in [3.8, 4) is 0 Å². The highest BCUT2D eigenvalue weighted by molar-refractivity contribution is 5.97. The maximum absolute atomic E-state index is 14.0. The third-order valence-electron chi connectivity index (χ3n) is 7.94. The molecule has 8 nitrogen and oxygen atoms in total. The smallest absolute Gasteiger partial charge is 0.340 e. The number of carbonyl (C=O) groups excluding carboxylic acids is 3. The number of likely N-dealkylation sites (N-methyl/N-ethyl adjacent to an activating group) is 1. The first-order chi connectivity index (χ1) is 20.1. The zero-order valence-corrected chi connectivity index (χ0v) is 23.2. The van der Waals surface area contributed by atoms with E-state index in [0.29, 0.717) is 19.4 Å². The number of rotatable bonds is 6. The molecule has 1 spiro atoms. The molecule has 220 valence electrons. The molecule has 4 amide bonds. The van der Waals surface area contributed by atoms with E-state index in [1.807, 2.05) is 65.6 Å². The number of nitrogens with one attached hydrogen (secondary N) is 1. The number of likely N-dealkylation sites (tertiary alicyclic amines) is 1. The van der Waals surface area contributed by atoms with Crippen molar-refractivity contribution in [2.24, 2.45) is 0 Å². The van der Waals surface area contributed by atoms with Crippen LogP contribution in [0.5, 0.6) is 0 Å². The Hall–Kier alpha value is -4.54. The van der Waals surface area contributed by atoms with Gasteiger partial charge in [-0.1, -0.05) is 48.5 Å². The number of urea groups is 1. The van der Waals surface area contributed by atoms with Crippen LogP contribution in [0.4, 0.5) is 29.3 Å². The predicted octanol–water partition coefficient (Wildman–Crippen LogP) is 5.04. The number of para-hydroxylation sites is 1. The van der Waals surface area contributed by atoms with Gasteiger partial charge >= 0.3 is 12.2 Å². The first kappa shape index (κ1) is 29.0. The molecule has 2 saturated heterocycles. The SMILES string of the molecule is CN(Cc1ccccc1)C(=O)CN1CN(c2ccccc2)C2(CCN(C(=O)Nc3ccc(C(F)(F)F)cc3)CC2)C1=O. The van der Waals surface area contributed by atoms with Gasteiger partial charge in [-0.3, -0.25) is 9.59 Å². The highest BCUT2D eigenvalue weighted by Gasteiger charge is 2.54. The molecule has 0 saturated carbocycles. The Morgan fingerprint density at radius 1 is 0.905 bits per heavy atom. The largest absolute Gasteiger partial charge is 0.416 e. The van der Waals surface area contributed by atoms with E-state index >= 15 is 0 Å². The number of nitrogens with zero attached hydrogens (tertiary/aromatic N) is 4. The number of benzene rings is 3. The van der Waals surface area contributed by atoms with Gasteiger partial charge < -0.3 is 24.9 Å². The van der Waals surface area contributed by atoms with Crippen molar-refractivity contribution in [2.45, 2.75) is 31.1 Å². The number of hydrogen-bond donors (Lipinski definition) is 1. The minimum absolute atomic E-state index is 0.0641. The van der Waals surface area contributed by atoms with Crippen LogP contribution in [0.25, 0.3) is 0 Å². The summed E-state index contributed by atoms with van der Waals surface area (Å²) >= 11 is 0. The van der Waals surface area contributed by atoms with E-state index in [9.17, 15) is 27.6 Å². The average molecular weight is 580 g/mol. The second-order valence-corrected chi connectivity index (χ2v) is 10.7. The van der Waals surface area contributed by atoms with Crippen molar-refractivity contribution in [3.05, 3.63) is 96.1 Å². The lowest BCUT2D eigenvalue weighted by Gasteiger charge is -2.43. The zero-order valence-electron chi connectivity index (χ0n) is 23.2. The van der Waals surface area contributed by atoms with Crippen molar-refractivity contribution < 1.29 is 27.6 Å². The van der Waals surface area contributed by atoms with E-state index in [0.717, 1.165) is 23.4 Å². The van der Waals surface area contributed by atoms with Crippen LogP contribution in [0, 0.1) is 0 Å². The molecule has 5 rings (SSSR count). The van der Waals surface area contributed by atoms with Crippen LogP contribution in [0.15, 0.2) is 84.9 Å². The number of amides is 4. The topological polar surface area (TPSA) is 76.2 Å². The predicted molar refractivity (Wildman–Crippen MR) is 152 cm³/mol. The highest BCUT2D eigenvalue weighted by Crippen LogP contribution is 2.39. The summed E-state index contributed by atoms with van der Waals surface area (Å²) in [6.45, 7) is 1.13. The Bertz CT molecular complexity index is 1410. The van der Waals surface area contributed by atoms with E-state index in [1.54, 1.807) is 21.7 Å². The van der Waals surface area contributed by atoms with Gasteiger partial charge in [0.25, 0.3) is 5.91 Å². The molecule has 42 heavy (non-hydrogen) atoms. The van der Waals surface area contributed by atoms with E-state index in [4.69, 9.17) is 0 Å². The lowest BCUT2D eigenvalue weighted by molar-refractivity contribution is -0.140. The van der Waals surface area contributed by atoms with Gasteiger partial charge in [0.1, 0.15) is 12.1 Å². The van der Waals surface area contributed by atoms with Gasteiger partial charge in [-0.25, -0.2) is 4.79 Å². The summed E-state index contributed by atoms with van der Waals surface area (Å²) < 4.78 is 38.6. The molecule has 11 heteroatoms. The summed E-state index contributed by atoms with van der Waals surface area (Å²) in [5.74, 6) is -0.332. The van der Waals surface area contributed by atoms with Crippen LogP contribution in [0.3, 0.4) is 0 Å². The van der Waals surface area contributed by atoms with Crippen molar-refractivity contribution in [3.63, 3.8) is 0 Å². The van der Waals surface area contributed by atoms with Crippen LogP contribution < -0.4 is 10.2 Å². The van der Waals surface area contributed by atoms with Gasteiger partial charge in [-0.05, 0) is 54.8 Å². The Labute approximate surface area is 242 Å². The first-order valence-electron chi connectivity index (χ1n) is 13.7. The molecule has 1 N–H and O–H groups in total. The molecule has 3 aromatic rings.